The second kappa shape index (κ2) is 5.46. The summed E-state index contributed by atoms with van der Waals surface area (Å²) in [4.78, 5) is 0. The quantitative estimate of drug-likeness (QED) is 0.837. The van der Waals surface area contributed by atoms with Crippen molar-refractivity contribution >= 4 is 25.5 Å². The first kappa shape index (κ1) is 15.3. The molecule has 9 heteroatoms. The molecular weight excluding hydrogens is 292 g/mol. The Morgan fingerprint density at radius 3 is 2.42 bits per heavy atom. The van der Waals surface area contributed by atoms with Gasteiger partial charge in [0.1, 0.15) is 5.75 Å². The Morgan fingerprint density at radius 2 is 1.95 bits per heavy atom. The summed E-state index contributed by atoms with van der Waals surface area (Å²) < 4.78 is 52.3. The monoisotopic (exact) mass is 304 g/mol. The summed E-state index contributed by atoms with van der Waals surface area (Å²) in [5, 5.41) is 7.69. The van der Waals surface area contributed by atoms with Gasteiger partial charge in [-0.1, -0.05) is 0 Å². The van der Waals surface area contributed by atoms with Gasteiger partial charge in [-0.2, -0.15) is 5.26 Å². The maximum absolute atomic E-state index is 11.6. The third kappa shape index (κ3) is 4.76. The van der Waals surface area contributed by atoms with Crippen LogP contribution in [-0.2, 0) is 19.9 Å². The van der Waals surface area contributed by atoms with Crippen LogP contribution in [0.2, 0.25) is 0 Å². The summed E-state index contributed by atoms with van der Waals surface area (Å²) in [6.45, 7) is 0. The predicted octanol–water partition coefficient (Wildman–Crippen LogP) is 0.311. The van der Waals surface area contributed by atoms with Gasteiger partial charge >= 0.3 is 0 Å². The highest BCUT2D eigenvalue weighted by atomic mass is 32.3. The number of sulfone groups is 1. The molecular formula is C10H12N2O5S2. The van der Waals surface area contributed by atoms with Gasteiger partial charge in [0.05, 0.1) is 24.4 Å². The molecule has 19 heavy (non-hydrogen) atoms. The summed E-state index contributed by atoms with van der Waals surface area (Å²) >= 11 is 0. The zero-order chi connectivity index (χ0) is 14.7. The molecule has 0 saturated heterocycles. The van der Waals surface area contributed by atoms with Crippen LogP contribution >= 0.6 is 0 Å². The van der Waals surface area contributed by atoms with Gasteiger partial charge in [-0.05, 0) is 12.1 Å². The number of hydrogen-bond donors (Lipinski definition) is 1. The average molecular weight is 304 g/mol. The SMILES string of the molecule is COc1cc(C#N)ccc1NS(=O)(=O)CS(C)(=O)=O. The van der Waals surface area contributed by atoms with E-state index in [2.05, 4.69) is 4.72 Å². The summed E-state index contributed by atoms with van der Waals surface area (Å²) in [6.07, 6.45) is 0.822. The van der Waals surface area contributed by atoms with Crippen molar-refractivity contribution in [2.75, 3.05) is 23.2 Å². The smallest absolute Gasteiger partial charge is 0.247 e. The van der Waals surface area contributed by atoms with Gasteiger partial charge in [0, 0.05) is 12.3 Å². The molecule has 1 aromatic rings. The van der Waals surface area contributed by atoms with Crippen molar-refractivity contribution < 1.29 is 21.6 Å². The van der Waals surface area contributed by atoms with Crippen LogP contribution in [0.25, 0.3) is 0 Å². The Hall–Kier alpha value is -1.79. The number of nitrogens with zero attached hydrogens (tertiary/aromatic N) is 1. The van der Waals surface area contributed by atoms with Crippen molar-refractivity contribution in [3.63, 3.8) is 0 Å². The molecule has 0 aliphatic rings. The number of nitrogens with one attached hydrogen (secondary N) is 1. The number of sulfonamides is 1. The fourth-order valence-corrected chi connectivity index (χ4v) is 4.32. The van der Waals surface area contributed by atoms with Crippen molar-refractivity contribution in [1.82, 2.24) is 0 Å². The number of anilines is 1. The molecule has 0 aliphatic heterocycles. The van der Waals surface area contributed by atoms with Crippen LogP contribution in [0.5, 0.6) is 5.75 Å². The fraction of sp³-hybridized carbons (Fsp3) is 0.300. The molecule has 0 amide bonds. The van der Waals surface area contributed by atoms with Crippen molar-refractivity contribution in [1.29, 1.82) is 5.26 Å². The molecule has 0 aromatic heterocycles. The molecule has 104 valence electrons. The minimum atomic E-state index is -4.05. The van der Waals surface area contributed by atoms with Crippen LogP contribution in [0.3, 0.4) is 0 Å². The van der Waals surface area contributed by atoms with E-state index in [1.165, 1.54) is 25.3 Å². The summed E-state index contributed by atoms with van der Waals surface area (Å²) in [5.74, 6) is 0.135. The van der Waals surface area contributed by atoms with E-state index >= 15 is 0 Å². The van der Waals surface area contributed by atoms with Crippen LogP contribution in [0.15, 0.2) is 18.2 Å². The summed E-state index contributed by atoms with van der Waals surface area (Å²) in [7, 11) is -6.41. The Bertz CT molecular complexity index is 717. The van der Waals surface area contributed by atoms with Gasteiger partial charge < -0.3 is 4.74 Å². The van der Waals surface area contributed by atoms with E-state index in [9.17, 15) is 16.8 Å². The maximum Gasteiger partial charge on any atom is 0.247 e. The third-order valence-electron chi connectivity index (χ3n) is 1.97. The zero-order valence-corrected chi connectivity index (χ0v) is 11.9. The molecule has 0 heterocycles. The number of nitriles is 1. The average Bonchev–Trinajstić information content (AvgIpc) is 2.25. The van der Waals surface area contributed by atoms with Gasteiger partial charge in [0.25, 0.3) is 0 Å². The van der Waals surface area contributed by atoms with E-state index < -0.39 is 24.9 Å². The number of hydrogen-bond acceptors (Lipinski definition) is 6. The number of ether oxygens (including phenoxy) is 1. The fourth-order valence-electron chi connectivity index (χ4n) is 1.32. The molecule has 0 aliphatic carbocycles. The summed E-state index contributed by atoms with van der Waals surface area (Å²) in [6, 6.07) is 5.94. The van der Waals surface area contributed by atoms with Gasteiger partial charge in [0.15, 0.2) is 14.9 Å². The topological polar surface area (TPSA) is 113 Å². The lowest BCUT2D eigenvalue weighted by molar-refractivity contribution is 0.416. The lowest BCUT2D eigenvalue weighted by Crippen LogP contribution is -2.22. The Morgan fingerprint density at radius 1 is 1.32 bits per heavy atom. The lowest BCUT2D eigenvalue weighted by Gasteiger charge is -2.11. The Balaban J connectivity index is 3.10. The van der Waals surface area contributed by atoms with Gasteiger partial charge in [0.2, 0.25) is 10.0 Å². The van der Waals surface area contributed by atoms with Crippen molar-refractivity contribution in [2.24, 2.45) is 0 Å². The highest BCUT2D eigenvalue weighted by Crippen LogP contribution is 2.26. The molecule has 0 radical (unpaired) electrons. The Labute approximate surface area is 111 Å². The molecule has 0 fully saturated rings. The minimum Gasteiger partial charge on any atom is -0.495 e. The van der Waals surface area contributed by atoms with E-state index in [0.717, 1.165) is 6.26 Å². The molecule has 1 N–H and O–H groups in total. The highest BCUT2D eigenvalue weighted by Gasteiger charge is 2.19. The van der Waals surface area contributed by atoms with Crippen molar-refractivity contribution in [3.8, 4) is 11.8 Å². The molecule has 0 spiro atoms. The van der Waals surface area contributed by atoms with Crippen LogP contribution in [-0.4, -0.2) is 35.3 Å². The van der Waals surface area contributed by atoms with E-state index in [1.807, 2.05) is 6.07 Å². The highest BCUT2D eigenvalue weighted by molar-refractivity contribution is 8.08. The standard InChI is InChI=1S/C10H12N2O5S2/c1-17-10-5-8(6-11)3-4-9(10)12-19(15,16)7-18(2,13)14/h3-5,12H,7H2,1-2H3. The van der Waals surface area contributed by atoms with E-state index in [0.29, 0.717) is 5.56 Å². The molecule has 0 atom stereocenters. The van der Waals surface area contributed by atoms with E-state index in [1.54, 1.807) is 0 Å². The number of rotatable bonds is 5. The maximum atomic E-state index is 11.6. The van der Waals surface area contributed by atoms with Gasteiger partial charge in [-0.25, -0.2) is 16.8 Å². The van der Waals surface area contributed by atoms with Crippen LogP contribution in [0.4, 0.5) is 5.69 Å². The normalized spacial score (nSPS) is 11.6. The lowest BCUT2D eigenvalue weighted by atomic mass is 10.2. The van der Waals surface area contributed by atoms with Crippen LogP contribution in [0.1, 0.15) is 5.56 Å². The summed E-state index contributed by atoms with van der Waals surface area (Å²) in [5.41, 5.74) is 0.369. The molecule has 7 nitrogen and oxygen atoms in total. The molecule has 1 rings (SSSR count). The van der Waals surface area contributed by atoms with Crippen molar-refractivity contribution in [2.45, 2.75) is 0 Å². The largest absolute Gasteiger partial charge is 0.495 e. The molecule has 0 bridgehead atoms. The number of benzene rings is 1. The van der Waals surface area contributed by atoms with Crippen molar-refractivity contribution in [3.05, 3.63) is 23.8 Å². The molecule has 1 aromatic carbocycles. The first-order chi connectivity index (χ1) is 8.67. The van der Waals surface area contributed by atoms with E-state index in [-0.39, 0.29) is 11.4 Å². The second-order valence-electron chi connectivity index (χ2n) is 3.79. The van der Waals surface area contributed by atoms with Gasteiger partial charge in [-0.15, -0.1) is 0 Å². The first-order valence-electron chi connectivity index (χ1n) is 4.93. The second-order valence-corrected chi connectivity index (χ2v) is 8.02. The van der Waals surface area contributed by atoms with Crippen LogP contribution in [0, 0.1) is 11.3 Å². The predicted molar refractivity (Wildman–Crippen MR) is 70.0 cm³/mol. The minimum absolute atomic E-state index is 0.0742. The van der Waals surface area contributed by atoms with Crippen LogP contribution < -0.4 is 9.46 Å². The third-order valence-corrected chi connectivity index (χ3v) is 5.45. The molecule has 0 unspecified atom stereocenters. The Kier molecular flexibility index (Phi) is 4.39. The van der Waals surface area contributed by atoms with E-state index in [4.69, 9.17) is 10.00 Å². The zero-order valence-electron chi connectivity index (χ0n) is 10.2. The molecule has 0 saturated carbocycles. The first-order valence-corrected chi connectivity index (χ1v) is 8.64. The van der Waals surface area contributed by atoms with Gasteiger partial charge in [-0.3, -0.25) is 4.72 Å². The number of methoxy groups -OCH3 is 1.